The number of hydrogen-bond donors (Lipinski definition) is 2. The molecule has 26 heavy (non-hydrogen) atoms. The van der Waals surface area contributed by atoms with E-state index in [1.54, 1.807) is 12.3 Å². The molecule has 2 aromatic rings. The van der Waals surface area contributed by atoms with Gasteiger partial charge in [0, 0.05) is 19.3 Å². The molecule has 2 unspecified atom stereocenters. The first-order valence-corrected chi connectivity index (χ1v) is 8.81. The highest BCUT2D eigenvalue weighted by Crippen LogP contribution is 2.25. The molecule has 0 radical (unpaired) electrons. The highest BCUT2D eigenvalue weighted by Gasteiger charge is 2.19. The van der Waals surface area contributed by atoms with Crippen molar-refractivity contribution in [2.75, 3.05) is 25.0 Å². The van der Waals surface area contributed by atoms with Gasteiger partial charge in [-0.3, -0.25) is 0 Å². The quantitative estimate of drug-likeness (QED) is 0.805. The number of benzene rings is 1. The Morgan fingerprint density at radius 3 is 2.85 bits per heavy atom. The second kappa shape index (κ2) is 10.2. The minimum atomic E-state index is 0.0746. The van der Waals surface area contributed by atoms with Gasteiger partial charge in [-0.1, -0.05) is 25.1 Å². The van der Waals surface area contributed by atoms with Gasteiger partial charge in [0.05, 0.1) is 23.9 Å². The van der Waals surface area contributed by atoms with Crippen LogP contribution in [-0.4, -0.2) is 30.7 Å². The van der Waals surface area contributed by atoms with E-state index in [1.165, 1.54) is 5.56 Å². The second-order valence-electron chi connectivity index (χ2n) is 6.18. The molecule has 2 atom stereocenters. The molecular weight excluding hydrogens is 324 g/mol. The lowest BCUT2D eigenvalue weighted by Crippen LogP contribution is -2.40. The number of hydrogen-bond acceptors (Lipinski definition) is 5. The molecular formula is C21H26N4O. The van der Waals surface area contributed by atoms with Crippen molar-refractivity contribution in [2.45, 2.75) is 25.9 Å². The van der Waals surface area contributed by atoms with E-state index < -0.39 is 0 Å². The Hall–Kier alpha value is -2.84. The van der Waals surface area contributed by atoms with Crippen molar-refractivity contribution in [3.05, 3.63) is 66.4 Å². The van der Waals surface area contributed by atoms with Gasteiger partial charge in [-0.25, -0.2) is 4.98 Å². The van der Waals surface area contributed by atoms with Crippen molar-refractivity contribution in [1.82, 2.24) is 10.3 Å². The first-order valence-electron chi connectivity index (χ1n) is 8.81. The molecule has 2 heterocycles. The Labute approximate surface area is 155 Å². The van der Waals surface area contributed by atoms with Crippen LogP contribution in [0.5, 0.6) is 5.88 Å². The van der Waals surface area contributed by atoms with Crippen molar-refractivity contribution in [2.24, 2.45) is 0 Å². The van der Waals surface area contributed by atoms with E-state index in [1.807, 2.05) is 43.3 Å². The molecule has 1 aromatic heterocycles. The SMILES string of the molecule is C=CC.CC(CNCC1CNc2cccnc2O1)c1ccc(C#N)cc1. The number of ether oxygens (including phenoxy) is 1. The highest BCUT2D eigenvalue weighted by atomic mass is 16.5. The molecule has 0 spiro atoms. The lowest BCUT2D eigenvalue weighted by molar-refractivity contribution is 0.193. The van der Waals surface area contributed by atoms with Gasteiger partial charge in [0.25, 0.3) is 0 Å². The molecule has 1 aromatic carbocycles. The van der Waals surface area contributed by atoms with Crippen molar-refractivity contribution in [1.29, 1.82) is 5.26 Å². The Balaban J connectivity index is 0.000000758. The van der Waals surface area contributed by atoms with Crippen LogP contribution in [0.3, 0.4) is 0 Å². The van der Waals surface area contributed by atoms with Crippen LogP contribution in [0.15, 0.2) is 55.3 Å². The zero-order valence-electron chi connectivity index (χ0n) is 15.4. The maximum atomic E-state index is 8.84. The predicted molar refractivity (Wildman–Crippen MR) is 105 cm³/mol. The van der Waals surface area contributed by atoms with Gasteiger partial charge in [-0.15, -0.1) is 6.58 Å². The molecule has 0 amide bonds. The summed E-state index contributed by atoms with van der Waals surface area (Å²) in [6, 6.07) is 13.8. The molecule has 0 bridgehead atoms. The molecule has 5 nitrogen and oxygen atoms in total. The number of nitriles is 1. The van der Waals surface area contributed by atoms with Crippen molar-refractivity contribution >= 4 is 5.69 Å². The number of anilines is 1. The zero-order valence-corrected chi connectivity index (χ0v) is 15.4. The van der Waals surface area contributed by atoms with Gasteiger partial charge in [0.2, 0.25) is 5.88 Å². The third-order valence-electron chi connectivity index (χ3n) is 4.00. The summed E-state index contributed by atoms with van der Waals surface area (Å²) in [6.07, 6.45) is 3.56. The molecule has 3 rings (SSSR count). The summed E-state index contributed by atoms with van der Waals surface area (Å²) in [5, 5.41) is 15.6. The molecule has 5 heteroatoms. The standard InChI is InChI=1S/C18H20N4O.C3H6/c1-13(15-6-4-14(9-19)5-7-15)10-20-11-16-12-22-17-3-2-8-21-18(17)23-16;1-3-2/h2-8,13,16,20,22H,10-12H2,1H3;3H,1H2,2H3. The van der Waals surface area contributed by atoms with Gasteiger partial charge in [-0.2, -0.15) is 5.26 Å². The normalized spacial score (nSPS) is 15.8. The van der Waals surface area contributed by atoms with Crippen LogP contribution in [0.4, 0.5) is 5.69 Å². The zero-order chi connectivity index (χ0) is 18.8. The minimum absolute atomic E-state index is 0.0746. The maximum absolute atomic E-state index is 8.84. The molecule has 0 saturated heterocycles. The van der Waals surface area contributed by atoms with Crippen LogP contribution < -0.4 is 15.4 Å². The lowest BCUT2D eigenvalue weighted by atomic mass is 10.00. The number of nitrogens with zero attached hydrogens (tertiary/aromatic N) is 2. The number of pyridine rings is 1. The number of nitrogens with one attached hydrogen (secondary N) is 2. The van der Waals surface area contributed by atoms with E-state index in [2.05, 4.69) is 35.2 Å². The van der Waals surface area contributed by atoms with Crippen LogP contribution in [0.25, 0.3) is 0 Å². The number of aromatic nitrogens is 1. The van der Waals surface area contributed by atoms with Crippen molar-refractivity contribution in [3.8, 4) is 11.9 Å². The summed E-state index contributed by atoms with van der Waals surface area (Å²) >= 11 is 0. The largest absolute Gasteiger partial charge is 0.470 e. The monoisotopic (exact) mass is 350 g/mol. The van der Waals surface area contributed by atoms with Crippen LogP contribution in [-0.2, 0) is 0 Å². The van der Waals surface area contributed by atoms with Crippen LogP contribution in [0.2, 0.25) is 0 Å². The maximum Gasteiger partial charge on any atom is 0.237 e. The highest BCUT2D eigenvalue weighted by molar-refractivity contribution is 5.53. The van der Waals surface area contributed by atoms with Crippen LogP contribution in [0.1, 0.15) is 30.9 Å². The summed E-state index contributed by atoms with van der Waals surface area (Å²) < 4.78 is 5.88. The molecule has 0 fully saturated rings. The molecule has 1 aliphatic rings. The lowest BCUT2D eigenvalue weighted by Gasteiger charge is -2.27. The summed E-state index contributed by atoms with van der Waals surface area (Å²) in [6.45, 7) is 9.83. The molecule has 136 valence electrons. The van der Waals surface area contributed by atoms with Gasteiger partial charge in [0.1, 0.15) is 6.10 Å². The Morgan fingerprint density at radius 2 is 2.15 bits per heavy atom. The third kappa shape index (κ3) is 5.61. The Morgan fingerprint density at radius 1 is 1.42 bits per heavy atom. The summed E-state index contributed by atoms with van der Waals surface area (Å²) in [5.74, 6) is 1.05. The van der Waals surface area contributed by atoms with E-state index in [-0.39, 0.29) is 6.10 Å². The second-order valence-corrected chi connectivity index (χ2v) is 6.18. The number of allylic oxidation sites excluding steroid dienone is 1. The van der Waals surface area contributed by atoms with E-state index in [0.717, 1.165) is 25.3 Å². The fraction of sp³-hybridized carbons (Fsp3) is 0.333. The molecule has 2 N–H and O–H groups in total. The molecule has 1 aliphatic heterocycles. The molecule has 0 saturated carbocycles. The minimum Gasteiger partial charge on any atom is -0.470 e. The smallest absolute Gasteiger partial charge is 0.237 e. The number of fused-ring (bicyclic) bond motifs is 1. The Kier molecular flexibility index (Phi) is 7.66. The summed E-state index contributed by atoms with van der Waals surface area (Å²) in [7, 11) is 0. The van der Waals surface area contributed by atoms with Crippen molar-refractivity contribution in [3.63, 3.8) is 0 Å². The summed E-state index contributed by atoms with van der Waals surface area (Å²) in [4.78, 5) is 4.24. The first kappa shape index (κ1) is 19.5. The van der Waals surface area contributed by atoms with Gasteiger partial charge < -0.3 is 15.4 Å². The fourth-order valence-electron chi connectivity index (χ4n) is 2.62. The van der Waals surface area contributed by atoms with E-state index in [0.29, 0.717) is 17.4 Å². The summed E-state index contributed by atoms with van der Waals surface area (Å²) in [5.41, 5.74) is 2.88. The Bertz CT molecular complexity index is 736. The molecule has 0 aliphatic carbocycles. The van der Waals surface area contributed by atoms with Gasteiger partial charge >= 0.3 is 0 Å². The average molecular weight is 350 g/mol. The van der Waals surface area contributed by atoms with Crippen LogP contribution in [0, 0.1) is 11.3 Å². The first-order chi connectivity index (χ1) is 12.7. The van der Waals surface area contributed by atoms with Crippen molar-refractivity contribution < 1.29 is 4.74 Å². The van der Waals surface area contributed by atoms with E-state index in [9.17, 15) is 0 Å². The van der Waals surface area contributed by atoms with Gasteiger partial charge in [-0.05, 0) is 42.7 Å². The van der Waals surface area contributed by atoms with E-state index in [4.69, 9.17) is 10.00 Å². The van der Waals surface area contributed by atoms with Gasteiger partial charge in [0.15, 0.2) is 0 Å². The van der Waals surface area contributed by atoms with E-state index >= 15 is 0 Å². The fourth-order valence-corrected chi connectivity index (χ4v) is 2.62. The van der Waals surface area contributed by atoms with Crippen LogP contribution >= 0.6 is 0 Å². The topological polar surface area (TPSA) is 70.0 Å². The predicted octanol–water partition coefficient (Wildman–Crippen LogP) is 3.71. The average Bonchev–Trinajstić information content (AvgIpc) is 2.68. The third-order valence-corrected chi connectivity index (χ3v) is 4.00. The number of rotatable bonds is 5.